The molecule has 1 heterocycles. The normalized spacial score (nSPS) is 22.3. The van der Waals surface area contributed by atoms with E-state index in [4.69, 9.17) is 4.74 Å². The maximum absolute atomic E-state index is 5.07. The standard InChI is InChI=1S/C7H13NO/c1-3-7(8-4-2)5-9-6-7/h4,8H,2-3,5-6H2,1H3. The van der Waals surface area contributed by atoms with Crippen LogP contribution in [0.1, 0.15) is 13.3 Å². The molecule has 0 aromatic rings. The van der Waals surface area contributed by atoms with Gasteiger partial charge in [0.15, 0.2) is 0 Å². The first-order valence-electron chi connectivity index (χ1n) is 3.29. The van der Waals surface area contributed by atoms with Gasteiger partial charge in [-0.25, -0.2) is 0 Å². The lowest BCUT2D eigenvalue weighted by Gasteiger charge is -2.41. The summed E-state index contributed by atoms with van der Waals surface area (Å²) in [4.78, 5) is 0. The van der Waals surface area contributed by atoms with E-state index in [1.54, 1.807) is 6.20 Å². The van der Waals surface area contributed by atoms with Crippen molar-refractivity contribution in [2.75, 3.05) is 13.2 Å². The zero-order valence-corrected chi connectivity index (χ0v) is 5.81. The van der Waals surface area contributed by atoms with Gasteiger partial charge in [0.25, 0.3) is 0 Å². The molecule has 0 spiro atoms. The Hall–Kier alpha value is -0.500. The van der Waals surface area contributed by atoms with E-state index in [9.17, 15) is 0 Å². The molecule has 1 saturated heterocycles. The summed E-state index contributed by atoms with van der Waals surface area (Å²) in [6.07, 6.45) is 2.85. The van der Waals surface area contributed by atoms with E-state index in [0.717, 1.165) is 19.6 Å². The van der Waals surface area contributed by atoms with E-state index < -0.39 is 0 Å². The number of ether oxygens (including phenoxy) is 1. The quantitative estimate of drug-likeness (QED) is 0.608. The highest BCUT2D eigenvalue weighted by atomic mass is 16.5. The van der Waals surface area contributed by atoms with Gasteiger partial charge in [0.2, 0.25) is 0 Å². The molecule has 2 nitrogen and oxygen atoms in total. The summed E-state index contributed by atoms with van der Waals surface area (Å²) in [5.41, 5.74) is 0.224. The average Bonchev–Trinajstić information content (AvgIpc) is 1.79. The Morgan fingerprint density at radius 2 is 2.44 bits per heavy atom. The summed E-state index contributed by atoms with van der Waals surface area (Å²) in [7, 11) is 0. The third-order valence-corrected chi connectivity index (χ3v) is 1.84. The van der Waals surface area contributed by atoms with E-state index in [1.807, 2.05) is 0 Å². The second-order valence-corrected chi connectivity index (χ2v) is 2.48. The van der Waals surface area contributed by atoms with Gasteiger partial charge >= 0.3 is 0 Å². The lowest BCUT2D eigenvalue weighted by Crippen LogP contribution is -2.58. The molecule has 0 unspecified atom stereocenters. The fourth-order valence-electron chi connectivity index (χ4n) is 0.954. The maximum atomic E-state index is 5.07. The molecule has 0 aromatic carbocycles. The molecule has 0 bridgehead atoms. The van der Waals surface area contributed by atoms with Gasteiger partial charge in [0, 0.05) is 0 Å². The molecule has 52 valence electrons. The van der Waals surface area contributed by atoms with Crippen molar-refractivity contribution < 1.29 is 4.74 Å². The van der Waals surface area contributed by atoms with Crippen LogP contribution in [-0.2, 0) is 4.74 Å². The van der Waals surface area contributed by atoms with Crippen molar-refractivity contribution in [3.05, 3.63) is 12.8 Å². The molecule has 1 aliphatic heterocycles. The molecule has 1 N–H and O–H groups in total. The van der Waals surface area contributed by atoms with E-state index in [-0.39, 0.29) is 5.54 Å². The van der Waals surface area contributed by atoms with Crippen LogP contribution in [0, 0.1) is 0 Å². The van der Waals surface area contributed by atoms with Crippen LogP contribution in [0.2, 0.25) is 0 Å². The monoisotopic (exact) mass is 127 g/mol. The number of hydrogen-bond acceptors (Lipinski definition) is 2. The smallest absolute Gasteiger partial charge is 0.0832 e. The van der Waals surface area contributed by atoms with Crippen LogP contribution < -0.4 is 5.32 Å². The van der Waals surface area contributed by atoms with Crippen molar-refractivity contribution in [3.8, 4) is 0 Å². The zero-order valence-electron chi connectivity index (χ0n) is 5.81. The summed E-state index contributed by atoms with van der Waals surface area (Å²) in [5, 5.41) is 3.18. The average molecular weight is 127 g/mol. The van der Waals surface area contributed by atoms with Gasteiger partial charge in [-0.3, -0.25) is 0 Å². The van der Waals surface area contributed by atoms with E-state index in [1.165, 1.54) is 0 Å². The van der Waals surface area contributed by atoms with Crippen molar-refractivity contribution in [1.29, 1.82) is 0 Å². The summed E-state index contributed by atoms with van der Waals surface area (Å²) >= 11 is 0. The molecule has 0 aliphatic carbocycles. The van der Waals surface area contributed by atoms with Gasteiger partial charge in [0.1, 0.15) is 0 Å². The van der Waals surface area contributed by atoms with Crippen LogP contribution >= 0.6 is 0 Å². The van der Waals surface area contributed by atoms with Gasteiger partial charge in [-0.1, -0.05) is 13.5 Å². The Bertz CT molecular complexity index is 102. The van der Waals surface area contributed by atoms with Crippen molar-refractivity contribution in [1.82, 2.24) is 5.32 Å². The first kappa shape index (κ1) is 6.62. The molecular formula is C7H13NO. The fourth-order valence-corrected chi connectivity index (χ4v) is 0.954. The largest absolute Gasteiger partial charge is 0.381 e. The van der Waals surface area contributed by atoms with Crippen molar-refractivity contribution >= 4 is 0 Å². The lowest BCUT2D eigenvalue weighted by atomic mass is 9.94. The third-order valence-electron chi connectivity index (χ3n) is 1.84. The zero-order chi connectivity index (χ0) is 6.74. The highest BCUT2D eigenvalue weighted by Crippen LogP contribution is 2.19. The summed E-state index contributed by atoms with van der Waals surface area (Å²) in [5.74, 6) is 0. The van der Waals surface area contributed by atoms with E-state index in [0.29, 0.717) is 0 Å². The molecule has 0 saturated carbocycles. The van der Waals surface area contributed by atoms with Crippen molar-refractivity contribution in [2.24, 2.45) is 0 Å². The summed E-state index contributed by atoms with van der Waals surface area (Å²) in [6.45, 7) is 7.42. The van der Waals surface area contributed by atoms with Crippen LogP contribution in [-0.4, -0.2) is 18.8 Å². The first-order valence-corrected chi connectivity index (χ1v) is 3.29. The Morgan fingerprint density at radius 1 is 1.78 bits per heavy atom. The van der Waals surface area contributed by atoms with Gasteiger partial charge in [-0.05, 0) is 12.6 Å². The maximum Gasteiger partial charge on any atom is 0.0832 e. The Labute approximate surface area is 55.9 Å². The van der Waals surface area contributed by atoms with Gasteiger partial charge in [-0.2, -0.15) is 0 Å². The highest BCUT2D eigenvalue weighted by molar-refractivity contribution is 4.95. The topological polar surface area (TPSA) is 21.3 Å². The Balaban J connectivity index is 2.36. The molecule has 0 radical (unpaired) electrons. The van der Waals surface area contributed by atoms with Crippen LogP contribution in [0.25, 0.3) is 0 Å². The third kappa shape index (κ3) is 1.08. The fraction of sp³-hybridized carbons (Fsp3) is 0.714. The van der Waals surface area contributed by atoms with Crippen LogP contribution in [0.4, 0.5) is 0 Å². The number of rotatable bonds is 3. The van der Waals surface area contributed by atoms with Gasteiger partial charge in [0.05, 0.1) is 18.8 Å². The lowest BCUT2D eigenvalue weighted by molar-refractivity contribution is -0.0692. The minimum absolute atomic E-state index is 0.224. The molecule has 1 fully saturated rings. The second-order valence-electron chi connectivity index (χ2n) is 2.48. The van der Waals surface area contributed by atoms with Crippen molar-refractivity contribution in [3.63, 3.8) is 0 Å². The van der Waals surface area contributed by atoms with Crippen LogP contribution in [0.15, 0.2) is 12.8 Å². The molecule has 0 atom stereocenters. The SMILES string of the molecule is C=CNC1(CC)COC1. The number of nitrogens with one attached hydrogen (secondary N) is 1. The minimum atomic E-state index is 0.224. The molecule has 0 aromatic heterocycles. The van der Waals surface area contributed by atoms with Crippen LogP contribution in [0.3, 0.4) is 0 Å². The predicted molar refractivity (Wildman–Crippen MR) is 37.2 cm³/mol. The Kier molecular flexibility index (Phi) is 1.76. The molecule has 1 rings (SSSR count). The van der Waals surface area contributed by atoms with Gasteiger partial charge < -0.3 is 10.1 Å². The van der Waals surface area contributed by atoms with E-state index >= 15 is 0 Å². The molecular weight excluding hydrogens is 114 g/mol. The first-order chi connectivity index (χ1) is 4.33. The van der Waals surface area contributed by atoms with Crippen LogP contribution in [0.5, 0.6) is 0 Å². The van der Waals surface area contributed by atoms with Crippen molar-refractivity contribution in [2.45, 2.75) is 18.9 Å². The molecule has 9 heavy (non-hydrogen) atoms. The predicted octanol–water partition coefficient (Wildman–Crippen LogP) is 0.898. The molecule has 0 amide bonds. The van der Waals surface area contributed by atoms with E-state index in [2.05, 4.69) is 18.8 Å². The molecule has 1 aliphatic rings. The number of hydrogen-bond donors (Lipinski definition) is 1. The highest BCUT2D eigenvalue weighted by Gasteiger charge is 2.35. The summed E-state index contributed by atoms with van der Waals surface area (Å²) < 4.78 is 5.07. The molecule has 2 heteroatoms. The second kappa shape index (κ2) is 2.40. The Morgan fingerprint density at radius 3 is 2.56 bits per heavy atom. The van der Waals surface area contributed by atoms with Gasteiger partial charge in [-0.15, -0.1) is 0 Å². The minimum Gasteiger partial charge on any atom is -0.381 e. The summed E-state index contributed by atoms with van der Waals surface area (Å²) in [6, 6.07) is 0.